The maximum absolute atomic E-state index is 5.68. The van der Waals surface area contributed by atoms with E-state index in [4.69, 9.17) is 9.73 Å². The fourth-order valence-electron chi connectivity index (χ4n) is 3.77. The molecule has 2 heterocycles. The Labute approximate surface area is 158 Å². The molecule has 0 aliphatic carbocycles. The predicted octanol–water partition coefficient (Wildman–Crippen LogP) is 2.29. The van der Waals surface area contributed by atoms with E-state index in [2.05, 4.69) is 52.8 Å². The summed E-state index contributed by atoms with van der Waals surface area (Å²) in [7, 11) is 0. The molecule has 0 saturated carbocycles. The van der Waals surface area contributed by atoms with Crippen molar-refractivity contribution < 1.29 is 4.74 Å². The Hall–Kier alpha value is -1.59. The van der Waals surface area contributed by atoms with E-state index >= 15 is 0 Å². The largest absolute Gasteiger partial charge is 0.376 e. The SMILES string of the molecule is CCNC(=NCC1CCN(CCc2ccccc2)C1)NCC1CCCO1. The number of hydrogen-bond acceptors (Lipinski definition) is 3. The van der Waals surface area contributed by atoms with E-state index in [0.717, 1.165) is 51.6 Å². The summed E-state index contributed by atoms with van der Waals surface area (Å²) < 4.78 is 5.68. The fraction of sp³-hybridized carbons (Fsp3) is 0.667. The van der Waals surface area contributed by atoms with Crippen LogP contribution in [0.15, 0.2) is 35.3 Å². The maximum atomic E-state index is 5.68. The highest BCUT2D eigenvalue weighted by molar-refractivity contribution is 5.79. The molecule has 144 valence electrons. The summed E-state index contributed by atoms with van der Waals surface area (Å²) in [4.78, 5) is 7.40. The fourth-order valence-corrected chi connectivity index (χ4v) is 3.77. The molecule has 2 aliphatic rings. The van der Waals surface area contributed by atoms with Crippen LogP contribution in [0, 0.1) is 5.92 Å². The third-order valence-electron chi connectivity index (χ3n) is 5.30. The van der Waals surface area contributed by atoms with E-state index in [1.165, 1.54) is 31.5 Å². The zero-order valence-electron chi connectivity index (χ0n) is 16.1. The first kappa shape index (κ1) is 19.2. The molecule has 0 amide bonds. The Bertz CT molecular complexity index is 542. The molecule has 2 aliphatic heterocycles. The van der Waals surface area contributed by atoms with Crippen LogP contribution in [-0.4, -0.2) is 62.8 Å². The third kappa shape index (κ3) is 6.29. The van der Waals surface area contributed by atoms with Crippen LogP contribution in [0.3, 0.4) is 0 Å². The zero-order chi connectivity index (χ0) is 18.0. The topological polar surface area (TPSA) is 48.9 Å². The van der Waals surface area contributed by atoms with Crippen LogP contribution in [0.1, 0.15) is 31.7 Å². The first-order valence-electron chi connectivity index (χ1n) is 10.2. The van der Waals surface area contributed by atoms with Crippen LogP contribution >= 0.6 is 0 Å². The van der Waals surface area contributed by atoms with Gasteiger partial charge in [-0.15, -0.1) is 0 Å². The van der Waals surface area contributed by atoms with Crippen molar-refractivity contribution in [3.05, 3.63) is 35.9 Å². The summed E-state index contributed by atoms with van der Waals surface area (Å²) in [6, 6.07) is 10.8. The highest BCUT2D eigenvalue weighted by atomic mass is 16.5. The molecule has 0 aromatic heterocycles. The van der Waals surface area contributed by atoms with Crippen LogP contribution < -0.4 is 10.6 Å². The highest BCUT2D eigenvalue weighted by Crippen LogP contribution is 2.17. The molecule has 2 atom stereocenters. The van der Waals surface area contributed by atoms with Crippen molar-refractivity contribution in [2.75, 3.05) is 45.9 Å². The number of rotatable bonds is 8. The van der Waals surface area contributed by atoms with Gasteiger partial charge in [0.15, 0.2) is 5.96 Å². The number of aliphatic imine (C=N–C) groups is 1. The number of nitrogens with one attached hydrogen (secondary N) is 2. The molecule has 2 saturated heterocycles. The monoisotopic (exact) mass is 358 g/mol. The molecular formula is C21H34N4O. The van der Waals surface area contributed by atoms with E-state index in [1.807, 2.05) is 0 Å². The van der Waals surface area contributed by atoms with Gasteiger partial charge >= 0.3 is 0 Å². The number of ether oxygens (including phenoxy) is 1. The molecule has 2 fully saturated rings. The number of nitrogens with zero attached hydrogens (tertiary/aromatic N) is 2. The summed E-state index contributed by atoms with van der Waals surface area (Å²) in [6.07, 6.45) is 5.08. The van der Waals surface area contributed by atoms with Gasteiger partial charge in [-0.3, -0.25) is 4.99 Å². The number of guanidine groups is 1. The quantitative estimate of drug-likeness (QED) is 0.553. The smallest absolute Gasteiger partial charge is 0.191 e. The average molecular weight is 359 g/mol. The van der Waals surface area contributed by atoms with Gasteiger partial charge in [0.25, 0.3) is 0 Å². The number of benzene rings is 1. The van der Waals surface area contributed by atoms with Crippen LogP contribution in [0.5, 0.6) is 0 Å². The van der Waals surface area contributed by atoms with Crippen molar-refractivity contribution in [2.24, 2.45) is 10.9 Å². The van der Waals surface area contributed by atoms with Gasteiger partial charge in [-0.05, 0) is 50.6 Å². The Balaban J connectivity index is 1.38. The Morgan fingerprint density at radius 2 is 2.12 bits per heavy atom. The number of likely N-dealkylation sites (tertiary alicyclic amines) is 1. The van der Waals surface area contributed by atoms with Gasteiger partial charge < -0.3 is 20.3 Å². The van der Waals surface area contributed by atoms with Crippen molar-refractivity contribution in [3.63, 3.8) is 0 Å². The Morgan fingerprint density at radius 1 is 1.23 bits per heavy atom. The van der Waals surface area contributed by atoms with Crippen LogP contribution in [-0.2, 0) is 11.2 Å². The minimum absolute atomic E-state index is 0.346. The second-order valence-electron chi connectivity index (χ2n) is 7.43. The van der Waals surface area contributed by atoms with Crippen molar-refractivity contribution >= 4 is 5.96 Å². The Kier molecular flexibility index (Phi) is 7.77. The average Bonchev–Trinajstić information content (AvgIpc) is 3.35. The number of hydrogen-bond donors (Lipinski definition) is 2. The van der Waals surface area contributed by atoms with Gasteiger partial charge in [-0.2, -0.15) is 0 Å². The van der Waals surface area contributed by atoms with E-state index in [-0.39, 0.29) is 0 Å². The second kappa shape index (κ2) is 10.5. The lowest BCUT2D eigenvalue weighted by atomic mass is 10.1. The molecule has 26 heavy (non-hydrogen) atoms. The zero-order valence-corrected chi connectivity index (χ0v) is 16.1. The molecule has 0 spiro atoms. The second-order valence-corrected chi connectivity index (χ2v) is 7.43. The summed E-state index contributed by atoms with van der Waals surface area (Å²) in [5.41, 5.74) is 1.43. The molecule has 0 bridgehead atoms. The maximum Gasteiger partial charge on any atom is 0.191 e. The molecular weight excluding hydrogens is 324 g/mol. The normalized spacial score (nSPS) is 24.1. The Morgan fingerprint density at radius 3 is 2.88 bits per heavy atom. The predicted molar refractivity (Wildman–Crippen MR) is 108 cm³/mol. The minimum Gasteiger partial charge on any atom is -0.376 e. The first-order valence-corrected chi connectivity index (χ1v) is 10.2. The van der Waals surface area contributed by atoms with E-state index in [0.29, 0.717) is 12.0 Å². The van der Waals surface area contributed by atoms with E-state index < -0.39 is 0 Å². The van der Waals surface area contributed by atoms with Crippen molar-refractivity contribution in [2.45, 2.75) is 38.7 Å². The lowest BCUT2D eigenvalue weighted by molar-refractivity contribution is 0.114. The van der Waals surface area contributed by atoms with Crippen LogP contribution in [0.4, 0.5) is 0 Å². The van der Waals surface area contributed by atoms with E-state index in [9.17, 15) is 0 Å². The van der Waals surface area contributed by atoms with Gasteiger partial charge in [-0.25, -0.2) is 0 Å². The molecule has 0 radical (unpaired) electrons. The molecule has 1 aromatic carbocycles. The van der Waals surface area contributed by atoms with Crippen molar-refractivity contribution in [1.82, 2.24) is 15.5 Å². The molecule has 3 rings (SSSR count). The highest BCUT2D eigenvalue weighted by Gasteiger charge is 2.22. The first-order chi connectivity index (χ1) is 12.8. The van der Waals surface area contributed by atoms with Crippen LogP contribution in [0.25, 0.3) is 0 Å². The molecule has 2 unspecified atom stereocenters. The van der Waals surface area contributed by atoms with Crippen molar-refractivity contribution in [1.29, 1.82) is 0 Å². The summed E-state index contributed by atoms with van der Waals surface area (Å²) >= 11 is 0. The molecule has 2 N–H and O–H groups in total. The van der Waals surface area contributed by atoms with Crippen LogP contribution in [0.2, 0.25) is 0 Å². The summed E-state index contributed by atoms with van der Waals surface area (Å²) in [5, 5.41) is 6.80. The van der Waals surface area contributed by atoms with Gasteiger partial charge in [0, 0.05) is 39.3 Å². The lowest BCUT2D eigenvalue weighted by Gasteiger charge is -2.17. The van der Waals surface area contributed by atoms with Gasteiger partial charge in [0.2, 0.25) is 0 Å². The molecule has 5 heteroatoms. The standard InChI is InChI=1S/C21H34N4O/c1-2-22-21(24-16-20-9-6-14-26-20)23-15-19-11-13-25(17-19)12-10-18-7-4-3-5-8-18/h3-5,7-8,19-20H,2,6,9-17H2,1H3,(H2,22,23,24). The minimum atomic E-state index is 0.346. The lowest BCUT2D eigenvalue weighted by Crippen LogP contribution is -2.41. The van der Waals surface area contributed by atoms with E-state index in [1.54, 1.807) is 0 Å². The molecule has 5 nitrogen and oxygen atoms in total. The van der Waals surface area contributed by atoms with Gasteiger partial charge in [-0.1, -0.05) is 30.3 Å². The van der Waals surface area contributed by atoms with Crippen molar-refractivity contribution in [3.8, 4) is 0 Å². The molecule has 1 aromatic rings. The van der Waals surface area contributed by atoms with Gasteiger partial charge in [0.1, 0.15) is 0 Å². The summed E-state index contributed by atoms with van der Waals surface area (Å²) in [5.74, 6) is 1.61. The third-order valence-corrected chi connectivity index (χ3v) is 5.30. The summed E-state index contributed by atoms with van der Waals surface area (Å²) in [6.45, 7) is 9.20. The van der Waals surface area contributed by atoms with Gasteiger partial charge in [0.05, 0.1) is 6.10 Å².